The fourth-order valence-corrected chi connectivity index (χ4v) is 2.43. The summed E-state index contributed by atoms with van der Waals surface area (Å²) in [5, 5.41) is 2.06. The molecule has 1 aliphatic rings. The summed E-state index contributed by atoms with van der Waals surface area (Å²) in [6.45, 7) is 9.98. The van der Waals surface area contributed by atoms with Gasteiger partial charge in [0.15, 0.2) is 0 Å². The third-order valence-corrected chi connectivity index (χ3v) is 4.00. The van der Waals surface area contributed by atoms with Gasteiger partial charge in [-0.2, -0.15) is 0 Å². The van der Waals surface area contributed by atoms with Gasteiger partial charge in [-0.1, -0.05) is 30.9 Å². The van der Waals surface area contributed by atoms with Crippen LogP contribution in [0.15, 0.2) is 75.3 Å². The van der Waals surface area contributed by atoms with Gasteiger partial charge in [0.1, 0.15) is 0 Å². The zero-order chi connectivity index (χ0) is 14.5. The van der Waals surface area contributed by atoms with E-state index in [2.05, 4.69) is 28.0 Å². The van der Waals surface area contributed by atoms with Gasteiger partial charge in [0.25, 0.3) is 0 Å². The fourth-order valence-electron chi connectivity index (χ4n) is 1.75. The van der Waals surface area contributed by atoms with Crippen molar-refractivity contribution >= 4 is 22.8 Å². The standard InChI is InChI=1S/C17H18N2S/c1-12-8-5-6-9-16(12)19-14(3)13(2)18-15(4)17-10-7-11-20-17/h5-11H,1H2,2-4H3/b14-13+,18-15?,19-16?. The third-order valence-electron chi connectivity index (χ3n) is 3.02. The highest BCUT2D eigenvalue weighted by Crippen LogP contribution is 2.15. The van der Waals surface area contributed by atoms with Gasteiger partial charge in [-0.25, -0.2) is 0 Å². The molecule has 0 aromatic carbocycles. The van der Waals surface area contributed by atoms with Gasteiger partial charge in [-0.05, 0) is 43.9 Å². The molecule has 0 spiro atoms. The Morgan fingerprint density at radius 2 is 1.85 bits per heavy atom. The number of rotatable bonds is 3. The molecule has 1 aromatic rings. The highest BCUT2D eigenvalue weighted by Gasteiger charge is 2.03. The van der Waals surface area contributed by atoms with Gasteiger partial charge < -0.3 is 0 Å². The SMILES string of the molecule is C=C1C=CC=CC1=N/C(C)=C(\C)N=C(C)c1cccs1. The summed E-state index contributed by atoms with van der Waals surface area (Å²) < 4.78 is 0. The molecule has 0 aliphatic heterocycles. The van der Waals surface area contributed by atoms with Gasteiger partial charge in [0.05, 0.1) is 22.8 Å². The van der Waals surface area contributed by atoms with E-state index in [0.29, 0.717) is 0 Å². The van der Waals surface area contributed by atoms with Crippen molar-refractivity contribution in [2.75, 3.05) is 0 Å². The normalized spacial score (nSPS) is 18.6. The molecule has 1 aromatic heterocycles. The molecular weight excluding hydrogens is 264 g/mol. The predicted molar refractivity (Wildman–Crippen MR) is 89.8 cm³/mol. The molecule has 20 heavy (non-hydrogen) atoms. The van der Waals surface area contributed by atoms with Gasteiger partial charge in [-0.3, -0.25) is 9.98 Å². The van der Waals surface area contributed by atoms with E-state index in [1.54, 1.807) is 11.3 Å². The molecule has 2 nitrogen and oxygen atoms in total. The number of thiophene rings is 1. The Morgan fingerprint density at radius 1 is 1.10 bits per heavy atom. The van der Waals surface area contributed by atoms with Crippen molar-refractivity contribution in [2.45, 2.75) is 20.8 Å². The summed E-state index contributed by atoms with van der Waals surface area (Å²) in [5.41, 5.74) is 4.69. The summed E-state index contributed by atoms with van der Waals surface area (Å²) in [6.07, 6.45) is 7.86. The average molecular weight is 282 g/mol. The first-order chi connectivity index (χ1) is 9.58. The molecule has 0 amide bonds. The highest BCUT2D eigenvalue weighted by atomic mass is 32.1. The van der Waals surface area contributed by atoms with Crippen LogP contribution in [0.4, 0.5) is 0 Å². The lowest BCUT2D eigenvalue weighted by atomic mass is 10.1. The number of hydrogen-bond acceptors (Lipinski definition) is 3. The molecule has 0 saturated carbocycles. The van der Waals surface area contributed by atoms with Crippen LogP contribution in [0.5, 0.6) is 0 Å². The minimum absolute atomic E-state index is 0.897. The van der Waals surface area contributed by atoms with Gasteiger partial charge in [0.2, 0.25) is 0 Å². The van der Waals surface area contributed by atoms with Crippen molar-refractivity contribution in [3.05, 3.63) is 70.2 Å². The summed E-state index contributed by atoms with van der Waals surface area (Å²) in [4.78, 5) is 10.4. The quantitative estimate of drug-likeness (QED) is 0.702. The van der Waals surface area contributed by atoms with Crippen molar-refractivity contribution in [1.29, 1.82) is 0 Å². The molecule has 2 rings (SSSR count). The maximum Gasteiger partial charge on any atom is 0.0699 e. The lowest BCUT2D eigenvalue weighted by Crippen LogP contribution is -1.99. The van der Waals surface area contributed by atoms with Crippen LogP contribution in [0, 0.1) is 0 Å². The van der Waals surface area contributed by atoms with Crippen LogP contribution in [0.1, 0.15) is 25.6 Å². The van der Waals surface area contributed by atoms with Crippen molar-refractivity contribution < 1.29 is 0 Å². The van der Waals surface area contributed by atoms with E-state index in [0.717, 1.165) is 28.4 Å². The monoisotopic (exact) mass is 282 g/mol. The number of allylic oxidation sites excluding steroid dienone is 7. The zero-order valence-corrected chi connectivity index (χ0v) is 12.9. The smallest absolute Gasteiger partial charge is 0.0699 e. The Hall–Kier alpha value is -2.00. The molecule has 0 atom stereocenters. The Kier molecular flexibility index (Phi) is 4.64. The topological polar surface area (TPSA) is 24.7 Å². The molecule has 1 aliphatic carbocycles. The molecule has 3 heteroatoms. The molecule has 0 radical (unpaired) electrons. The minimum Gasteiger partial charge on any atom is -0.255 e. The Labute approximate surface area is 124 Å². The summed E-state index contributed by atoms with van der Waals surface area (Å²) in [5.74, 6) is 0. The van der Waals surface area contributed by atoms with E-state index < -0.39 is 0 Å². The number of aliphatic imine (C=N–C) groups is 2. The Balaban J connectivity index is 2.26. The van der Waals surface area contributed by atoms with Crippen LogP contribution in [-0.2, 0) is 0 Å². The molecular formula is C17H18N2S. The molecule has 0 N–H and O–H groups in total. The maximum atomic E-state index is 4.64. The minimum atomic E-state index is 0.897. The van der Waals surface area contributed by atoms with Crippen LogP contribution >= 0.6 is 11.3 Å². The highest BCUT2D eigenvalue weighted by molar-refractivity contribution is 7.12. The van der Waals surface area contributed by atoms with E-state index in [1.165, 1.54) is 4.88 Å². The van der Waals surface area contributed by atoms with Crippen LogP contribution in [0.3, 0.4) is 0 Å². The largest absolute Gasteiger partial charge is 0.255 e. The molecule has 102 valence electrons. The number of nitrogens with zero attached hydrogens (tertiary/aromatic N) is 2. The average Bonchev–Trinajstić information content (AvgIpc) is 2.95. The summed E-state index contributed by atoms with van der Waals surface area (Å²) in [6, 6.07) is 4.11. The first kappa shape index (κ1) is 14.4. The molecule has 0 bridgehead atoms. The van der Waals surface area contributed by atoms with Crippen LogP contribution in [0.25, 0.3) is 0 Å². The predicted octanol–water partition coefficient (Wildman–Crippen LogP) is 4.93. The van der Waals surface area contributed by atoms with E-state index >= 15 is 0 Å². The van der Waals surface area contributed by atoms with E-state index in [9.17, 15) is 0 Å². The second-order valence-corrected chi connectivity index (χ2v) is 5.53. The number of hydrogen-bond donors (Lipinski definition) is 0. The van der Waals surface area contributed by atoms with Crippen molar-refractivity contribution in [2.24, 2.45) is 9.98 Å². The fraction of sp³-hybridized carbons (Fsp3) is 0.176. The van der Waals surface area contributed by atoms with Crippen LogP contribution in [-0.4, -0.2) is 11.4 Å². The van der Waals surface area contributed by atoms with Gasteiger partial charge in [-0.15, -0.1) is 11.3 Å². The maximum absolute atomic E-state index is 4.64. The molecule has 0 fully saturated rings. The summed E-state index contributed by atoms with van der Waals surface area (Å²) >= 11 is 1.70. The lowest BCUT2D eigenvalue weighted by Gasteiger charge is -2.06. The first-order valence-corrected chi connectivity index (χ1v) is 7.35. The van der Waals surface area contributed by atoms with Crippen LogP contribution < -0.4 is 0 Å². The lowest BCUT2D eigenvalue weighted by molar-refractivity contribution is 1.15. The van der Waals surface area contributed by atoms with Crippen molar-refractivity contribution in [1.82, 2.24) is 0 Å². The second kappa shape index (κ2) is 6.44. The van der Waals surface area contributed by atoms with E-state index in [-0.39, 0.29) is 0 Å². The van der Waals surface area contributed by atoms with E-state index in [4.69, 9.17) is 0 Å². The second-order valence-electron chi connectivity index (χ2n) is 4.59. The molecule has 0 saturated heterocycles. The Morgan fingerprint density at radius 3 is 2.50 bits per heavy atom. The van der Waals surface area contributed by atoms with Gasteiger partial charge >= 0.3 is 0 Å². The first-order valence-electron chi connectivity index (χ1n) is 6.47. The molecule has 0 unspecified atom stereocenters. The third kappa shape index (κ3) is 3.52. The summed E-state index contributed by atoms with van der Waals surface area (Å²) in [7, 11) is 0. The van der Waals surface area contributed by atoms with Crippen LogP contribution in [0.2, 0.25) is 0 Å². The Bertz CT molecular complexity index is 653. The zero-order valence-electron chi connectivity index (χ0n) is 12.1. The van der Waals surface area contributed by atoms with Crippen molar-refractivity contribution in [3.8, 4) is 0 Å². The van der Waals surface area contributed by atoms with Crippen molar-refractivity contribution in [3.63, 3.8) is 0 Å². The van der Waals surface area contributed by atoms with E-state index in [1.807, 2.05) is 51.1 Å². The van der Waals surface area contributed by atoms with Gasteiger partial charge in [0, 0.05) is 4.88 Å². The molecule has 1 heterocycles.